The molecule has 1 aromatic carbocycles. The van der Waals surface area contributed by atoms with Crippen LogP contribution in [0.4, 0.5) is 11.4 Å². The number of aliphatic carboxylic acids is 1. The number of carbonyl (C=O) groups excluding carboxylic acids is 1. The number of carboxylic acids is 1. The third kappa shape index (κ3) is 4.24. The average Bonchev–Trinajstić information content (AvgIpc) is 3.05. The standard InChI is InChI=1S/C19H25N3O6/c1-28-13-6-7-14(16(11-13)22(26)27)20-18(23)8-9-21-15-5-3-2-4-12(15)10-17(21)19(24)25/h6-7,11-12,15,17H,2-5,8-10H2,1H3,(H,20,23)(H,24,25). The summed E-state index contributed by atoms with van der Waals surface area (Å²) >= 11 is 0. The highest BCUT2D eigenvalue weighted by molar-refractivity contribution is 5.93. The van der Waals surface area contributed by atoms with Crippen LogP contribution < -0.4 is 10.1 Å². The summed E-state index contributed by atoms with van der Waals surface area (Å²) in [6.45, 7) is 0.327. The fourth-order valence-electron chi connectivity index (χ4n) is 4.46. The second-order valence-corrected chi connectivity index (χ2v) is 7.38. The van der Waals surface area contributed by atoms with Gasteiger partial charge in [-0.25, -0.2) is 0 Å². The molecule has 1 saturated heterocycles. The SMILES string of the molecule is COc1ccc(NC(=O)CCN2C(C(=O)O)CC3CCCCC32)c([N+](=O)[O-])c1. The van der Waals surface area contributed by atoms with Gasteiger partial charge in [-0.2, -0.15) is 0 Å². The number of carboxylic acid groups (broad SMARTS) is 1. The molecule has 1 aliphatic heterocycles. The molecule has 3 atom stereocenters. The van der Waals surface area contributed by atoms with Crippen LogP contribution in [0.3, 0.4) is 0 Å². The summed E-state index contributed by atoms with van der Waals surface area (Å²) in [6, 6.07) is 3.87. The Morgan fingerprint density at radius 2 is 2.11 bits per heavy atom. The summed E-state index contributed by atoms with van der Waals surface area (Å²) in [6.07, 6.45) is 4.91. The highest BCUT2D eigenvalue weighted by Crippen LogP contribution is 2.39. The van der Waals surface area contributed by atoms with E-state index in [2.05, 4.69) is 5.32 Å². The molecule has 3 rings (SSSR count). The van der Waals surface area contributed by atoms with Crippen molar-refractivity contribution in [1.29, 1.82) is 0 Å². The number of amides is 1. The maximum absolute atomic E-state index is 12.4. The Bertz CT molecular complexity index is 768. The Morgan fingerprint density at radius 3 is 2.79 bits per heavy atom. The van der Waals surface area contributed by atoms with Crippen LogP contribution in [-0.4, -0.2) is 52.5 Å². The highest BCUT2D eigenvalue weighted by atomic mass is 16.6. The predicted molar refractivity (Wildman–Crippen MR) is 101 cm³/mol. The zero-order valence-electron chi connectivity index (χ0n) is 15.8. The van der Waals surface area contributed by atoms with E-state index in [4.69, 9.17) is 4.74 Å². The highest BCUT2D eigenvalue weighted by Gasteiger charge is 2.44. The normalized spacial score (nSPS) is 24.4. The number of anilines is 1. The van der Waals surface area contributed by atoms with Crippen molar-refractivity contribution in [2.24, 2.45) is 5.92 Å². The summed E-state index contributed by atoms with van der Waals surface area (Å²) in [7, 11) is 1.41. The monoisotopic (exact) mass is 391 g/mol. The molecule has 1 amide bonds. The number of nitrogens with zero attached hydrogens (tertiary/aromatic N) is 2. The summed E-state index contributed by atoms with van der Waals surface area (Å²) in [5.74, 6) is -0.521. The number of likely N-dealkylation sites (tertiary alicyclic amines) is 1. The van der Waals surface area contributed by atoms with Gasteiger partial charge in [0.05, 0.1) is 18.1 Å². The lowest BCUT2D eigenvalue weighted by Gasteiger charge is -2.32. The molecule has 0 spiro atoms. The van der Waals surface area contributed by atoms with Crippen molar-refractivity contribution in [3.05, 3.63) is 28.3 Å². The Morgan fingerprint density at radius 1 is 1.36 bits per heavy atom. The van der Waals surface area contributed by atoms with Crippen molar-refractivity contribution in [1.82, 2.24) is 4.90 Å². The molecule has 1 aliphatic carbocycles. The van der Waals surface area contributed by atoms with E-state index in [0.717, 1.165) is 25.7 Å². The fourth-order valence-corrected chi connectivity index (χ4v) is 4.46. The molecule has 2 fully saturated rings. The topological polar surface area (TPSA) is 122 Å². The zero-order chi connectivity index (χ0) is 20.3. The molecule has 9 nitrogen and oxygen atoms in total. The van der Waals surface area contributed by atoms with E-state index in [1.807, 2.05) is 4.90 Å². The molecular weight excluding hydrogens is 366 g/mol. The largest absolute Gasteiger partial charge is 0.496 e. The maximum atomic E-state index is 12.4. The van der Waals surface area contributed by atoms with Gasteiger partial charge in [-0.3, -0.25) is 24.6 Å². The number of hydrogen-bond donors (Lipinski definition) is 2. The number of nitro benzene ring substituents is 1. The number of ether oxygens (including phenoxy) is 1. The van der Waals surface area contributed by atoms with Gasteiger partial charge in [0.2, 0.25) is 5.91 Å². The van der Waals surface area contributed by atoms with Crippen LogP contribution in [0.25, 0.3) is 0 Å². The maximum Gasteiger partial charge on any atom is 0.320 e. The lowest BCUT2D eigenvalue weighted by molar-refractivity contribution is -0.384. The van der Waals surface area contributed by atoms with Crippen LogP contribution in [0.5, 0.6) is 5.75 Å². The number of benzene rings is 1. The quantitative estimate of drug-likeness (QED) is 0.541. The summed E-state index contributed by atoms with van der Waals surface area (Å²) < 4.78 is 4.99. The van der Waals surface area contributed by atoms with Crippen molar-refractivity contribution in [2.75, 3.05) is 19.0 Å². The van der Waals surface area contributed by atoms with Crippen LogP contribution in [0, 0.1) is 16.0 Å². The van der Waals surface area contributed by atoms with E-state index in [0.29, 0.717) is 24.6 Å². The van der Waals surface area contributed by atoms with E-state index >= 15 is 0 Å². The van der Waals surface area contributed by atoms with Gasteiger partial charge < -0.3 is 15.2 Å². The van der Waals surface area contributed by atoms with Crippen LogP contribution >= 0.6 is 0 Å². The Labute approximate surface area is 162 Å². The van der Waals surface area contributed by atoms with E-state index in [1.54, 1.807) is 0 Å². The summed E-state index contributed by atoms with van der Waals surface area (Å²) in [4.78, 5) is 36.6. The first kappa shape index (κ1) is 20.1. The molecular formula is C19H25N3O6. The van der Waals surface area contributed by atoms with E-state index in [1.165, 1.54) is 25.3 Å². The molecule has 0 radical (unpaired) electrons. The first-order valence-electron chi connectivity index (χ1n) is 9.51. The molecule has 152 valence electrons. The second-order valence-electron chi connectivity index (χ2n) is 7.38. The summed E-state index contributed by atoms with van der Waals surface area (Å²) in [5, 5.41) is 23.4. The molecule has 0 bridgehead atoms. The first-order valence-corrected chi connectivity index (χ1v) is 9.51. The van der Waals surface area contributed by atoms with Crippen molar-refractivity contribution in [2.45, 2.75) is 50.6 Å². The molecule has 9 heteroatoms. The zero-order valence-corrected chi connectivity index (χ0v) is 15.8. The van der Waals surface area contributed by atoms with E-state index in [9.17, 15) is 24.8 Å². The molecule has 28 heavy (non-hydrogen) atoms. The van der Waals surface area contributed by atoms with E-state index in [-0.39, 0.29) is 29.7 Å². The van der Waals surface area contributed by atoms with E-state index < -0.39 is 16.9 Å². The molecule has 2 N–H and O–H groups in total. The number of nitro groups is 1. The van der Waals surface area contributed by atoms with Crippen LogP contribution in [0.1, 0.15) is 38.5 Å². The number of hydrogen-bond acceptors (Lipinski definition) is 6. The van der Waals surface area contributed by atoms with Crippen LogP contribution in [0.15, 0.2) is 18.2 Å². The Kier molecular flexibility index (Phi) is 6.13. The molecule has 1 heterocycles. The lowest BCUT2D eigenvalue weighted by Crippen LogP contribution is -2.43. The Hall–Kier alpha value is -2.68. The third-order valence-electron chi connectivity index (χ3n) is 5.78. The van der Waals surface area contributed by atoms with Gasteiger partial charge in [0.1, 0.15) is 17.5 Å². The molecule has 2 aliphatic rings. The first-order chi connectivity index (χ1) is 13.4. The number of nitrogens with one attached hydrogen (secondary N) is 1. The van der Waals surface area contributed by atoms with Gasteiger partial charge in [0.25, 0.3) is 5.69 Å². The smallest absolute Gasteiger partial charge is 0.320 e. The average molecular weight is 391 g/mol. The third-order valence-corrected chi connectivity index (χ3v) is 5.78. The van der Waals surface area contributed by atoms with Gasteiger partial charge in [-0.15, -0.1) is 0 Å². The van der Waals surface area contributed by atoms with Gasteiger partial charge >= 0.3 is 5.97 Å². The van der Waals surface area contributed by atoms with Gasteiger partial charge in [0.15, 0.2) is 0 Å². The van der Waals surface area contributed by atoms with Crippen molar-refractivity contribution >= 4 is 23.3 Å². The van der Waals surface area contributed by atoms with Crippen molar-refractivity contribution in [3.8, 4) is 5.75 Å². The molecule has 0 aromatic heterocycles. The lowest BCUT2D eigenvalue weighted by atomic mass is 9.85. The minimum atomic E-state index is -0.847. The number of carbonyl (C=O) groups is 2. The molecule has 1 aromatic rings. The number of methoxy groups -OCH3 is 1. The number of fused-ring (bicyclic) bond motifs is 1. The fraction of sp³-hybridized carbons (Fsp3) is 0.579. The predicted octanol–water partition coefficient (Wildman–Crippen LogP) is 2.65. The van der Waals surface area contributed by atoms with Gasteiger partial charge in [-0.05, 0) is 37.3 Å². The van der Waals surface area contributed by atoms with Crippen LogP contribution in [0.2, 0.25) is 0 Å². The Balaban J connectivity index is 1.65. The van der Waals surface area contributed by atoms with Gasteiger partial charge in [-0.1, -0.05) is 12.8 Å². The number of rotatable bonds is 7. The van der Waals surface area contributed by atoms with Crippen LogP contribution in [-0.2, 0) is 9.59 Å². The van der Waals surface area contributed by atoms with Crippen molar-refractivity contribution in [3.63, 3.8) is 0 Å². The minimum Gasteiger partial charge on any atom is -0.496 e. The molecule has 3 unspecified atom stereocenters. The second kappa shape index (κ2) is 8.55. The summed E-state index contributed by atoms with van der Waals surface area (Å²) in [5.41, 5.74) is -0.146. The van der Waals surface area contributed by atoms with Crippen molar-refractivity contribution < 1.29 is 24.4 Å². The molecule has 1 saturated carbocycles. The minimum absolute atomic E-state index is 0.0795. The van der Waals surface area contributed by atoms with Gasteiger partial charge in [0, 0.05) is 19.0 Å².